The summed E-state index contributed by atoms with van der Waals surface area (Å²) in [6.45, 7) is 8.12. The molecule has 0 aliphatic heterocycles. The maximum Gasteiger partial charge on any atom is 0.0224 e. The highest BCUT2D eigenvalue weighted by molar-refractivity contribution is 5.39. The van der Waals surface area contributed by atoms with Crippen molar-refractivity contribution in [1.82, 2.24) is 4.57 Å². The molecule has 15 heavy (non-hydrogen) atoms. The lowest BCUT2D eigenvalue weighted by Gasteiger charge is -2.11. The molecule has 1 aliphatic rings. The average Bonchev–Trinajstić information content (AvgIpc) is 2.51. The number of fused-ring (bicyclic) bond motifs is 1. The van der Waals surface area contributed by atoms with Crippen molar-refractivity contribution in [1.29, 1.82) is 0 Å². The molecule has 84 valence electrons. The molecule has 0 fully saturated rings. The first-order valence-electron chi connectivity index (χ1n) is 6.43. The normalized spacial score (nSPS) is 15.4. The van der Waals surface area contributed by atoms with Gasteiger partial charge in [0.05, 0.1) is 0 Å². The zero-order valence-electron chi connectivity index (χ0n) is 10.4. The van der Waals surface area contributed by atoms with E-state index in [9.17, 15) is 0 Å². The van der Waals surface area contributed by atoms with Crippen LogP contribution in [-0.2, 0) is 19.4 Å². The highest BCUT2D eigenvalue weighted by Crippen LogP contribution is 2.29. The Morgan fingerprint density at radius 3 is 2.00 bits per heavy atom. The largest absolute Gasteiger partial charge is 0.349 e. The molecule has 1 heteroatoms. The predicted octanol–water partition coefficient (Wildman–Crippen LogP) is 3.78. The fourth-order valence-corrected chi connectivity index (χ4v) is 2.93. The maximum atomic E-state index is 2.56. The van der Waals surface area contributed by atoms with Gasteiger partial charge in [-0.15, -0.1) is 0 Å². The summed E-state index contributed by atoms with van der Waals surface area (Å²) in [5.74, 6) is 0. The van der Waals surface area contributed by atoms with Gasteiger partial charge in [0.1, 0.15) is 0 Å². The Balaban J connectivity index is 2.33. The van der Waals surface area contributed by atoms with E-state index in [1.165, 1.54) is 45.1 Å². The van der Waals surface area contributed by atoms with Crippen LogP contribution in [0.1, 0.15) is 55.1 Å². The van der Waals surface area contributed by atoms with E-state index in [0.717, 1.165) is 0 Å². The van der Waals surface area contributed by atoms with E-state index in [2.05, 4.69) is 25.3 Å². The van der Waals surface area contributed by atoms with E-state index in [1.54, 1.807) is 22.5 Å². The third kappa shape index (κ3) is 1.84. The van der Waals surface area contributed by atoms with Gasteiger partial charge in [0.15, 0.2) is 0 Å². The van der Waals surface area contributed by atoms with E-state index in [0.29, 0.717) is 0 Å². The van der Waals surface area contributed by atoms with Crippen LogP contribution < -0.4 is 0 Å². The molecule has 0 saturated heterocycles. The van der Waals surface area contributed by atoms with Crippen molar-refractivity contribution >= 4 is 0 Å². The SMILES string of the molecule is CCCCn1c(C)c2c(c1C)CCCC2. The summed E-state index contributed by atoms with van der Waals surface area (Å²) in [5.41, 5.74) is 6.45. The van der Waals surface area contributed by atoms with Crippen molar-refractivity contribution in [2.75, 3.05) is 0 Å². The molecule has 0 amide bonds. The van der Waals surface area contributed by atoms with Crippen LogP contribution in [0.5, 0.6) is 0 Å². The Hall–Kier alpha value is -0.720. The maximum absolute atomic E-state index is 2.56. The molecule has 1 heterocycles. The monoisotopic (exact) mass is 205 g/mol. The summed E-state index contributed by atoms with van der Waals surface area (Å²) in [5, 5.41) is 0. The summed E-state index contributed by atoms with van der Waals surface area (Å²) in [6, 6.07) is 0. The van der Waals surface area contributed by atoms with Gasteiger partial charge in [-0.2, -0.15) is 0 Å². The zero-order valence-corrected chi connectivity index (χ0v) is 10.4. The van der Waals surface area contributed by atoms with Gasteiger partial charge in [0.2, 0.25) is 0 Å². The minimum absolute atomic E-state index is 1.22. The first-order valence-corrected chi connectivity index (χ1v) is 6.43. The van der Waals surface area contributed by atoms with Gasteiger partial charge in [-0.3, -0.25) is 0 Å². The molecule has 0 unspecified atom stereocenters. The lowest BCUT2D eigenvalue weighted by Crippen LogP contribution is -2.02. The quantitative estimate of drug-likeness (QED) is 0.707. The van der Waals surface area contributed by atoms with Crippen LogP contribution >= 0.6 is 0 Å². The first kappa shape index (κ1) is 10.8. The molecule has 0 saturated carbocycles. The molecule has 1 nitrogen and oxygen atoms in total. The molecule has 1 aliphatic carbocycles. The molecule has 0 radical (unpaired) electrons. The Labute approximate surface area is 93.5 Å². The Bertz CT molecular complexity index is 317. The van der Waals surface area contributed by atoms with E-state index < -0.39 is 0 Å². The summed E-state index contributed by atoms with van der Waals surface area (Å²) < 4.78 is 2.56. The van der Waals surface area contributed by atoms with E-state index in [4.69, 9.17) is 0 Å². The van der Waals surface area contributed by atoms with Crippen LogP contribution in [0.4, 0.5) is 0 Å². The molecule has 0 aromatic carbocycles. The smallest absolute Gasteiger partial charge is 0.0224 e. The number of hydrogen-bond acceptors (Lipinski definition) is 0. The summed E-state index contributed by atoms with van der Waals surface area (Å²) in [4.78, 5) is 0. The second-order valence-electron chi connectivity index (χ2n) is 4.84. The van der Waals surface area contributed by atoms with Crippen LogP contribution in [0.2, 0.25) is 0 Å². The van der Waals surface area contributed by atoms with Gasteiger partial charge < -0.3 is 4.57 Å². The van der Waals surface area contributed by atoms with Gasteiger partial charge in [-0.25, -0.2) is 0 Å². The molecule has 0 atom stereocenters. The van der Waals surface area contributed by atoms with Gasteiger partial charge in [-0.1, -0.05) is 13.3 Å². The van der Waals surface area contributed by atoms with Crippen LogP contribution in [0.15, 0.2) is 0 Å². The third-order valence-corrected chi connectivity index (χ3v) is 3.89. The highest BCUT2D eigenvalue weighted by Gasteiger charge is 2.19. The summed E-state index contributed by atoms with van der Waals surface area (Å²) in [7, 11) is 0. The van der Waals surface area contributed by atoms with Crippen molar-refractivity contribution < 1.29 is 0 Å². The highest BCUT2D eigenvalue weighted by atomic mass is 15.0. The molecular formula is C14H23N. The average molecular weight is 205 g/mol. The molecule has 2 rings (SSSR count). The van der Waals surface area contributed by atoms with Crippen LogP contribution in [0.3, 0.4) is 0 Å². The number of rotatable bonds is 3. The van der Waals surface area contributed by atoms with Crippen molar-refractivity contribution in [3.05, 3.63) is 22.5 Å². The van der Waals surface area contributed by atoms with Gasteiger partial charge in [0.25, 0.3) is 0 Å². The fourth-order valence-electron chi connectivity index (χ4n) is 2.93. The fraction of sp³-hybridized carbons (Fsp3) is 0.714. The van der Waals surface area contributed by atoms with Crippen molar-refractivity contribution in [2.24, 2.45) is 0 Å². The van der Waals surface area contributed by atoms with Crippen molar-refractivity contribution in [2.45, 2.75) is 65.8 Å². The van der Waals surface area contributed by atoms with E-state index in [1.807, 2.05) is 0 Å². The van der Waals surface area contributed by atoms with Crippen molar-refractivity contribution in [3.63, 3.8) is 0 Å². The third-order valence-electron chi connectivity index (χ3n) is 3.89. The number of unbranched alkanes of at least 4 members (excludes halogenated alkanes) is 1. The molecule has 0 N–H and O–H groups in total. The van der Waals surface area contributed by atoms with Crippen LogP contribution in [0, 0.1) is 13.8 Å². The second kappa shape index (κ2) is 4.42. The lowest BCUT2D eigenvalue weighted by atomic mass is 9.92. The Kier molecular flexibility index (Phi) is 3.18. The van der Waals surface area contributed by atoms with Crippen LogP contribution in [-0.4, -0.2) is 4.57 Å². The van der Waals surface area contributed by atoms with E-state index >= 15 is 0 Å². The first-order chi connectivity index (χ1) is 7.25. The summed E-state index contributed by atoms with van der Waals surface area (Å²) >= 11 is 0. The number of aromatic nitrogens is 1. The lowest BCUT2D eigenvalue weighted by molar-refractivity contribution is 0.607. The molecule has 1 aromatic heterocycles. The van der Waals surface area contributed by atoms with Crippen molar-refractivity contribution in [3.8, 4) is 0 Å². The molecule has 0 spiro atoms. The Morgan fingerprint density at radius 1 is 1.00 bits per heavy atom. The standard InChI is InChI=1S/C14H23N/c1-4-5-10-15-11(2)13-8-6-7-9-14(13)12(15)3/h4-10H2,1-3H3. The van der Waals surface area contributed by atoms with Gasteiger partial charge in [-0.05, 0) is 57.1 Å². The molecule has 0 bridgehead atoms. The second-order valence-corrected chi connectivity index (χ2v) is 4.84. The number of hydrogen-bond donors (Lipinski definition) is 0. The number of nitrogens with zero attached hydrogens (tertiary/aromatic N) is 1. The van der Waals surface area contributed by atoms with E-state index in [-0.39, 0.29) is 0 Å². The Morgan fingerprint density at radius 2 is 1.53 bits per heavy atom. The topological polar surface area (TPSA) is 4.93 Å². The zero-order chi connectivity index (χ0) is 10.8. The van der Waals surface area contributed by atoms with Gasteiger partial charge >= 0.3 is 0 Å². The predicted molar refractivity (Wildman–Crippen MR) is 65.5 cm³/mol. The molecular weight excluding hydrogens is 182 g/mol. The molecule has 1 aromatic rings. The summed E-state index contributed by atoms with van der Waals surface area (Å²) in [6.07, 6.45) is 8.04. The van der Waals surface area contributed by atoms with Crippen LogP contribution in [0.25, 0.3) is 0 Å². The minimum atomic E-state index is 1.22. The van der Waals surface area contributed by atoms with Gasteiger partial charge in [0, 0.05) is 17.9 Å². The minimum Gasteiger partial charge on any atom is -0.349 e.